The van der Waals surface area contributed by atoms with Crippen molar-refractivity contribution >= 4 is 23.7 Å². The number of carbonyl (C=O) groups excluding carboxylic acids is 3. The Morgan fingerprint density at radius 3 is 2.33 bits per heavy atom. The lowest BCUT2D eigenvalue weighted by atomic mass is 9.97. The fourth-order valence-electron chi connectivity index (χ4n) is 3.99. The van der Waals surface area contributed by atoms with Gasteiger partial charge in [0.25, 0.3) is 0 Å². The molecule has 0 radical (unpaired) electrons. The molecule has 0 spiro atoms. The summed E-state index contributed by atoms with van der Waals surface area (Å²) in [5.41, 5.74) is -0.539. The van der Waals surface area contributed by atoms with Gasteiger partial charge in [-0.3, -0.25) is 14.5 Å². The van der Waals surface area contributed by atoms with Crippen molar-refractivity contribution in [2.75, 3.05) is 31.7 Å². The van der Waals surface area contributed by atoms with Gasteiger partial charge in [-0.25, -0.2) is 9.18 Å². The molecule has 2 amide bonds. The molecule has 0 fully saturated rings. The summed E-state index contributed by atoms with van der Waals surface area (Å²) in [6.45, 7) is 3.56. The van der Waals surface area contributed by atoms with Crippen molar-refractivity contribution in [3.63, 3.8) is 0 Å². The summed E-state index contributed by atoms with van der Waals surface area (Å²) in [4.78, 5) is 38.2. The van der Waals surface area contributed by atoms with Crippen LogP contribution in [0.15, 0.2) is 36.4 Å². The van der Waals surface area contributed by atoms with E-state index in [1.54, 1.807) is 32.9 Å². The quantitative estimate of drug-likeness (QED) is 0.361. The van der Waals surface area contributed by atoms with Crippen molar-refractivity contribution in [2.45, 2.75) is 51.9 Å². The summed E-state index contributed by atoms with van der Waals surface area (Å²) in [5, 5.41) is 0. The van der Waals surface area contributed by atoms with E-state index in [-0.39, 0.29) is 42.3 Å². The molecular weight excluding hydrogens is 524 g/mol. The maximum absolute atomic E-state index is 16.1. The van der Waals surface area contributed by atoms with Crippen LogP contribution in [0.2, 0.25) is 0 Å². The summed E-state index contributed by atoms with van der Waals surface area (Å²) in [5.74, 6) is -5.22. The molecule has 1 aliphatic rings. The molecule has 12 heteroatoms. The Balaban J connectivity index is 2.06. The number of methoxy groups -OCH3 is 1. The van der Waals surface area contributed by atoms with Crippen LogP contribution in [0.3, 0.4) is 0 Å². The second-order valence-corrected chi connectivity index (χ2v) is 9.88. The number of amides is 2. The normalized spacial score (nSPS) is 13.4. The third-order valence-electron chi connectivity index (χ3n) is 5.81. The first-order chi connectivity index (χ1) is 18.2. The summed E-state index contributed by atoms with van der Waals surface area (Å²) in [7, 11) is 0.928. The van der Waals surface area contributed by atoms with Gasteiger partial charge in [0.05, 0.1) is 20.3 Å². The fraction of sp³-hybridized carbons (Fsp3) is 0.444. The molecule has 0 aromatic heterocycles. The summed E-state index contributed by atoms with van der Waals surface area (Å²) in [6.07, 6.45) is -5.66. The molecule has 1 aliphatic heterocycles. The molecule has 2 aromatic rings. The predicted molar refractivity (Wildman–Crippen MR) is 133 cm³/mol. The Hall–Kier alpha value is -3.83. The number of hydrogen-bond acceptors (Lipinski definition) is 6. The Morgan fingerprint density at radius 2 is 1.74 bits per heavy atom. The molecule has 212 valence electrons. The van der Waals surface area contributed by atoms with Gasteiger partial charge >= 0.3 is 24.1 Å². The van der Waals surface area contributed by atoms with E-state index in [9.17, 15) is 27.6 Å². The van der Waals surface area contributed by atoms with E-state index in [4.69, 9.17) is 9.47 Å². The number of alkyl halides is 3. The van der Waals surface area contributed by atoms with Crippen molar-refractivity contribution in [3.05, 3.63) is 58.9 Å². The lowest BCUT2D eigenvalue weighted by Gasteiger charge is -2.33. The number of hydrogen-bond donors (Lipinski definition) is 0. The monoisotopic (exact) mass is 554 g/mol. The van der Waals surface area contributed by atoms with Gasteiger partial charge in [0.15, 0.2) is 5.82 Å². The molecule has 39 heavy (non-hydrogen) atoms. The minimum atomic E-state index is -5.43. The zero-order chi connectivity index (χ0) is 29.0. The molecule has 0 unspecified atom stereocenters. The van der Waals surface area contributed by atoms with Crippen LogP contribution in [0.1, 0.15) is 37.5 Å². The van der Waals surface area contributed by atoms with Gasteiger partial charge < -0.3 is 19.1 Å². The summed E-state index contributed by atoms with van der Waals surface area (Å²) < 4.78 is 72.3. The minimum Gasteiger partial charge on any atom is -0.491 e. The SMILES string of the molecule is COC(=O)CN(C(=O)C(F)(F)F)c1c(OCCc2ccccc2)cc2c(c1F)CN(C(=O)OC(C)(C)C)CC2. The number of carbonyl (C=O) groups is 3. The van der Waals surface area contributed by atoms with Crippen molar-refractivity contribution in [3.8, 4) is 5.75 Å². The molecule has 0 aliphatic carbocycles. The molecule has 1 heterocycles. The molecule has 0 saturated heterocycles. The average Bonchev–Trinajstić information content (AvgIpc) is 2.86. The van der Waals surface area contributed by atoms with E-state index < -0.39 is 47.8 Å². The Kier molecular flexibility index (Phi) is 9.08. The lowest BCUT2D eigenvalue weighted by Crippen LogP contribution is -2.45. The van der Waals surface area contributed by atoms with Gasteiger partial charge in [0.2, 0.25) is 0 Å². The number of esters is 1. The molecule has 0 N–H and O–H groups in total. The Bertz CT molecular complexity index is 1210. The van der Waals surface area contributed by atoms with Crippen LogP contribution in [0, 0.1) is 5.82 Å². The number of ether oxygens (including phenoxy) is 3. The van der Waals surface area contributed by atoms with E-state index in [0.29, 0.717) is 12.0 Å². The number of nitrogens with zero attached hydrogens (tertiary/aromatic N) is 2. The highest BCUT2D eigenvalue weighted by Gasteiger charge is 2.46. The van der Waals surface area contributed by atoms with Gasteiger partial charge in [0.1, 0.15) is 23.6 Å². The van der Waals surface area contributed by atoms with E-state index in [1.165, 1.54) is 11.0 Å². The van der Waals surface area contributed by atoms with Crippen molar-refractivity contribution in [1.82, 2.24) is 4.90 Å². The van der Waals surface area contributed by atoms with Gasteiger partial charge in [-0.15, -0.1) is 0 Å². The highest BCUT2D eigenvalue weighted by Crippen LogP contribution is 2.40. The van der Waals surface area contributed by atoms with Gasteiger partial charge in [-0.2, -0.15) is 13.2 Å². The van der Waals surface area contributed by atoms with E-state index >= 15 is 4.39 Å². The molecule has 0 saturated carbocycles. The highest BCUT2D eigenvalue weighted by molar-refractivity contribution is 6.02. The average molecular weight is 555 g/mol. The van der Waals surface area contributed by atoms with E-state index in [2.05, 4.69) is 4.74 Å². The molecule has 0 bridgehead atoms. The Morgan fingerprint density at radius 1 is 1.08 bits per heavy atom. The van der Waals surface area contributed by atoms with Crippen molar-refractivity contribution < 1.29 is 46.2 Å². The van der Waals surface area contributed by atoms with Crippen LogP contribution in [0.5, 0.6) is 5.75 Å². The molecule has 0 atom stereocenters. The second-order valence-electron chi connectivity index (χ2n) is 9.88. The largest absolute Gasteiger partial charge is 0.491 e. The van der Waals surface area contributed by atoms with Crippen LogP contribution < -0.4 is 9.64 Å². The van der Waals surface area contributed by atoms with Crippen LogP contribution in [-0.4, -0.2) is 61.5 Å². The summed E-state index contributed by atoms with van der Waals surface area (Å²) in [6, 6.07) is 10.4. The van der Waals surface area contributed by atoms with E-state index in [1.807, 2.05) is 18.2 Å². The number of halogens is 4. The van der Waals surface area contributed by atoms with Crippen molar-refractivity contribution in [1.29, 1.82) is 0 Å². The first kappa shape index (κ1) is 29.7. The fourth-order valence-corrected chi connectivity index (χ4v) is 3.99. The standard InChI is InChI=1S/C27H30F4N2O6/c1-26(2,3)39-25(36)32-12-10-18-14-20(38-13-11-17-8-6-5-7-9-17)23(22(28)19(18)15-32)33(16-21(34)37-4)24(35)27(29,30)31/h5-9,14H,10-13,15-16H2,1-4H3. The highest BCUT2D eigenvalue weighted by atomic mass is 19.4. The first-order valence-corrected chi connectivity index (χ1v) is 12.2. The third-order valence-corrected chi connectivity index (χ3v) is 5.81. The lowest BCUT2D eigenvalue weighted by molar-refractivity contribution is -0.171. The zero-order valence-corrected chi connectivity index (χ0v) is 22.1. The Labute approximate surface area is 223 Å². The predicted octanol–water partition coefficient (Wildman–Crippen LogP) is 4.81. The van der Waals surface area contributed by atoms with E-state index in [0.717, 1.165) is 12.7 Å². The van der Waals surface area contributed by atoms with Gasteiger partial charge in [-0.1, -0.05) is 30.3 Å². The number of benzene rings is 2. The maximum atomic E-state index is 16.1. The summed E-state index contributed by atoms with van der Waals surface area (Å²) >= 11 is 0. The topological polar surface area (TPSA) is 85.4 Å². The number of anilines is 1. The van der Waals surface area contributed by atoms with Crippen LogP contribution >= 0.6 is 0 Å². The van der Waals surface area contributed by atoms with Crippen LogP contribution in [0.25, 0.3) is 0 Å². The molecule has 2 aromatic carbocycles. The molecular formula is C27H30F4N2O6. The number of rotatable bonds is 7. The zero-order valence-electron chi connectivity index (χ0n) is 22.1. The smallest absolute Gasteiger partial charge is 0.471 e. The van der Waals surface area contributed by atoms with Crippen LogP contribution in [-0.2, 0) is 38.4 Å². The third kappa shape index (κ3) is 7.61. The molecule has 8 nitrogen and oxygen atoms in total. The first-order valence-electron chi connectivity index (χ1n) is 12.2. The molecule has 3 rings (SSSR count). The van der Waals surface area contributed by atoms with Gasteiger partial charge in [-0.05, 0) is 44.4 Å². The minimum absolute atomic E-state index is 0.0360. The van der Waals surface area contributed by atoms with Gasteiger partial charge in [0, 0.05) is 18.5 Å². The second kappa shape index (κ2) is 11.9. The maximum Gasteiger partial charge on any atom is 0.471 e. The van der Waals surface area contributed by atoms with Crippen LogP contribution in [0.4, 0.5) is 28.0 Å². The van der Waals surface area contributed by atoms with Crippen molar-refractivity contribution in [2.24, 2.45) is 0 Å². The number of fused-ring (bicyclic) bond motifs is 1.